The summed E-state index contributed by atoms with van der Waals surface area (Å²) in [6, 6.07) is 2.42. The molecular weight excluding hydrogens is 238 g/mol. The number of hydrogen-bond acceptors (Lipinski definition) is 3. The monoisotopic (exact) mass is 253 g/mol. The van der Waals surface area contributed by atoms with Crippen LogP contribution < -0.4 is 14.8 Å². The Morgan fingerprint density at radius 1 is 1.47 bits per heavy atom. The van der Waals surface area contributed by atoms with Crippen LogP contribution in [0.25, 0.3) is 0 Å². The predicted octanol–water partition coefficient (Wildman–Crippen LogP) is 2.67. The number of hydrogen-bond donors (Lipinski definition) is 1. The molecule has 0 saturated carbocycles. The fourth-order valence-corrected chi connectivity index (χ4v) is 2.95. The third kappa shape index (κ3) is 1.98. The van der Waals surface area contributed by atoms with Crippen LogP contribution in [0.3, 0.4) is 0 Å². The Morgan fingerprint density at radius 3 is 3.12 bits per heavy atom. The van der Waals surface area contributed by atoms with E-state index in [1.54, 1.807) is 0 Å². The molecule has 1 atom stereocenters. The number of nitrogens with one attached hydrogen (secondary N) is 1. The first-order valence-electron chi connectivity index (χ1n) is 6.06. The van der Waals surface area contributed by atoms with E-state index in [0.717, 1.165) is 35.1 Å². The maximum Gasteiger partial charge on any atom is 0.231 e. The summed E-state index contributed by atoms with van der Waals surface area (Å²) in [6.45, 7) is 3.48. The summed E-state index contributed by atoms with van der Waals surface area (Å²) in [5.41, 5.74) is 2.31. The number of rotatable bonds is 2. The topological polar surface area (TPSA) is 30.5 Å². The third-order valence-electron chi connectivity index (χ3n) is 3.59. The Labute approximate surface area is 106 Å². The highest BCUT2D eigenvalue weighted by molar-refractivity contribution is 6.31. The van der Waals surface area contributed by atoms with Crippen molar-refractivity contribution in [3.05, 3.63) is 22.2 Å². The third-order valence-corrected chi connectivity index (χ3v) is 3.93. The molecule has 2 heterocycles. The second-order valence-electron chi connectivity index (χ2n) is 4.69. The van der Waals surface area contributed by atoms with Crippen molar-refractivity contribution in [3.63, 3.8) is 0 Å². The summed E-state index contributed by atoms with van der Waals surface area (Å²) in [6.07, 6.45) is 3.46. The minimum absolute atomic E-state index is 0.303. The number of halogens is 1. The predicted molar refractivity (Wildman–Crippen MR) is 67.0 cm³/mol. The average molecular weight is 254 g/mol. The lowest BCUT2D eigenvalue weighted by molar-refractivity contribution is 0.173. The highest BCUT2D eigenvalue weighted by atomic mass is 35.5. The van der Waals surface area contributed by atoms with Gasteiger partial charge in [-0.25, -0.2) is 0 Å². The Hall–Kier alpha value is -0.930. The molecule has 1 unspecified atom stereocenters. The summed E-state index contributed by atoms with van der Waals surface area (Å²) < 4.78 is 10.9. The molecule has 0 aromatic heterocycles. The van der Waals surface area contributed by atoms with E-state index in [0.29, 0.717) is 12.8 Å². The van der Waals surface area contributed by atoms with E-state index in [4.69, 9.17) is 21.1 Å². The molecule has 1 aromatic carbocycles. The number of ether oxygens (including phenoxy) is 2. The van der Waals surface area contributed by atoms with Crippen molar-refractivity contribution in [2.75, 3.05) is 13.3 Å². The van der Waals surface area contributed by atoms with Gasteiger partial charge in [0.05, 0.1) is 0 Å². The lowest BCUT2D eigenvalue weighted by Crippen LogP contribution is -2.24. The Bertz CT molecular complexity index is 442. The molecule has 92 valence electrons. The lowest BCUT2D eigenvalue weighted by Gasteiger charge is -2.15. The maximum absolute atomic E-state index is 6.33. The van der Waals surface area contributed by atoms with Gasteiger partial charge in [0, 0.05) is 17.1 Å². The number of benzene rings is 1. The van der Waals surface area contributed by atoms with E-state index in [1.807, 2.05) is 6.07 Å². The van der Waals surface area contributed by atoms with Crippen LogP contribution in [0.4, 0.5) is 0 Å². The smallest absolute Gasteiger partial charge is 0.231 e. The molecule has 0 spiro atoms. The average Bonchev–Trinajstić information content (AvgIpc) is 2.94. The SMILES string of the molecule is Cc1c(CC2CCCN2)c(Cl)cc2c1OCO2. The van der Waals surface area contributed by atoms with Gasteiger partial charge in [-0.1, -0.05) is 11.6 Å². The van der Waals surface area contributed by atoms with Crippen molar-refractivity contribution in [3.8, 4) is 11.5 Å². The first-order valence-corrected chi connectivity index (χ1v) is 6.44. The molecule has 0 aliphatic carbocycles. The van der Waals surface area contributed by atoms with Gasteiger partial charge < -0.3 is 14.8 Å². The summed E-state index contributed by atoms with van der Waals surface area (Å²) in [5.74, 6) is 1.64. The van der Waals surface area contributed by atoms with Gasteiger partial charge in [0.1, 0.15) is 0 Å². The standard InChI is InChI=1S/C13H16ClNO2/c1-8-10(5-9-3-2-4-15-9)11(14)6-12-13(8)17-7-16-12/h6,9,15H,2-5,7H2,1H3. The molecule has 3 nitrogen and oxygen atoms in total. The van der Waals surface area contributed by atoms with Crippen molar-refractivity contribution < 1.29 is 9.47 Å². The first-order chi connectivity index (χ1) is 8.25. The highest BCUT2D eigenvalue weighted by Crippen LogP contribution is 2.41. The van der Waals surface area contributed by atoms with Crippen molar-refractivity contribution in [1.82, 2.24) is 5.32 Å². The minimum Gasteiger partial charge on any atom is -0.454 e. The van der Waals surface area contributed by atoms with Crippen molar-refractivity contribution in [2.45, 2.75) is 32.2 Å². The van der Waals surface area contributed by atoms with Gasteiger partial charge in [-0.2, -0.15) is 0 Å². The Kier molecular flexibility index (Phi) is 2.89. The molecule has 1 aromatic rings. The second-order valence-corrected chi connectivity index (χ2v) is 5.10. The van der Waals surface area contributed by atoms with Crippen LogP contribution in [-0.4, -0.2) is 19.4 Å². The fraction of sp³-hybridized carbons (Fsp3) is 0.538. The molecule has 2 aliphatic heterocycles. The van der Waals surface area contributed by atoms with Gasteiger partial charge in [-0.05, 0) is 43.9 Å². The summed E-state index contributed by atoms with van der Waals surface area (Å²) in [4.78, 5) is 0. The van der Waals surface area contributed by atoms with Gasteiger partial charge in [0.25, 0.3) is 0 Å². The number of fused-ring (bicyclic) bond motifs is 1. The van der Waals surface area contributed by atoms with E-state index in [-0.39, 0.29) is 0 Å². The molecule has 0 radical (unpaired) electrons. The lowest BCUT2D eigenvalue weighted by atomic mass is 9.99. The zero-order valence-corrected chi connectivity index (χ0v) is 10.6. The molecule has 0 amide bonds. The molecule has 0 bridgehead atoms. The molecule has 3 rings (SSSR count). The van der Waals surface area contributed by atoms with Crippen LogP contribution in [0.5, 0.6) is 11.5 Å². The zero-order chi connectivity index (χ0) is 11.8. The van der Waals surface area contributed by atoms with Crippen molar-refractivity contribution in [1.29, 1.82) is 0 Å². The molecule has 4 heteroatoms. The minimum atomic E-state index is 0.303. The largest absolute Gasteiger partial charge is 0.454 e. The van der Waals surface area contributed by atoms with E-state index in [2.05, 4.69) is 12.2 Å². The van der Waals surface area contributed by atoms with Crippen molar-refractivity contribution >= 4 is 11.6 Å². The molecule has 17 heavy (non-hydrogen) atoms. The Morgan fingerprint density at radius 2 is 2.35 bits per heavy atom. The second kappa shape index (κ2) is 4.39. The van der Waals surface area contributed by atoms with Gasteiger partial charge >= 0.3 is 0 Å². The maximum atomic E-state index is 6.33. The van der Waals surface area contributed by atoms with Gasteiger partial charge in [0.2, 0.25) is 6.79 Å². The van der Waals surface area contributed by atoms with Gasteiger partial charge in [0.15, 0.2) is 11.5 Å². The van der Waals surface area contributed by atoms with E-state index in [1.165, 1.54) is 18.4 Å². The van der Waals surface area contributed by atoms with Crippen LogP contribution in [0.2, 0.25) is 5.02 Å². The first kappa shape index (κ1) is 11.2. The molecular formula is C13H16ClNO2. The van der Waals surface area contributed by atoms with Gasteiger partial charge in [-0.15, -0.1) is 0 Å². The highest BCUT2D eigenvalue weighted by Gasteiger charge is 2.23. The van der Waals surface area contributed by atoms with Crippen LogP contribution in [0, 0.1) is 6.92 Å². The van der Waals surface area contributed by atoms with E-state index in [9.17, 15) is 0 Å². The van der Waals surface area contributed by atoms with Crippen LogP contribution in [0.1, 0.15) is 24.0 Å². The fourth-order valence-electron chi connectivity index (χ4n) is 2.64. The summed E-state index contributed by atoms with van der Waals surface area (Å²) in [7, 11) is 0. The Balaban J connectivity index is 1.92. The van der Waals surface area contributed by atoms with E-state index >= 15 is 0 Å². The van der Waals surface area contributed by atoms with Crippen molar-refractivity contribution in [2.24, 2.45) is 0 Å². The molecule has 1 saturated heterocycles. The normalized spacial score (nSPS) is 22.1. The quantitative estimate of drug-likeness (QED) is 0.879. The molecule has 2 aliphatic rings. The summed E-state index contributed by atoms with van der Waals surface area (Å²) >= 11 is 6.33. The zero-order valence-electron chi connectivity index (χ0n) is 9.88. The van der Waals surface area contributed by atoms with Crippen LogP contribution >= 0.6 is 11.6 Å². The molecule has 1 N–H and O–H groups in total. The van der Waals surface area contributed by atoms with Crippen LogP contribution in [0.15, 0.2) is 6.07 Å². The van der Waals surface area contributed by atoms with Gasteiger partial charge in [-0.3, -0.25) is 0 Å². The van der Waals surface area contributed by atoms with Crippen LogP contribution in [-0.2, 0) is 6.42 Å². The molecule has 1 fully saturated rings. The summed E-state index contributed by atoms with van der Waals surface area (Å²) in [5, 5.41) is 4.29. The van der Waals surface area contributed by atoms with E-state index < -0.39 is 0 Å².